The molecule has 3 aromatic carbocycles. The Morgan fingerprint density at radius 3 is 1.94 bits per heavy atom. The van der Waals surface area contributed by atoms with Gasteiger partial charge in [-0.05, 0) is 60.7 Å². The average Bonchev–Trinajstić information content (AvgIpc) is 2.81. The number of hydrogen-bond acceptors (Lipinski definition) is 4. The van der Waals surface area contributed by atoms with Crippen LogP contribution >= 0.6 is 0 Å². The summed E-state index contributed by atoms with van der Waals surface area (Å²) in [5.41, 5.74) is 0.432. The molecule has 0 saturated carbocycles. The van der Waals surface area contributed by atoms with Crippen LogP contribution in [-0.2, 0) is 10.0 Å². The summed E-state index contributed by atoms with van der Waals surface area (Å²) in [5, 5.41) is 0. The first-order valence-electron chi connectivity index (χ1n) is 9.92. The van der Waals surface area contributed by atoms with Gasteiger partial charge in [-0.15, -0.1) is 0 Å². The van der Waals surface area contributed by atoms with Gasteiger partial charge in [0.2, 0.25) is 10.0 Å². The molecule has 1 saturated heterocycles. The van der Waals surface area contributed by atoms with Crippen molar-refractivity contribution in [1.82, 2.24) is 9.21 Å². The van der Waals surface area contributed by atoms with Crippen LogP contribution in [0.2, 0.25) is 0 Å². The highest BCUT2D eigenvalue weighted by molar-refractivity contribution is 7.89. The first-order chi connectivity index (χ1) is 15.3. The van der Waals surface area contributed by atoms with Gasteiger partial charge in [0.15, 0.2) is 0 Å². The summed E-state index contributed by atoms with van der Waals surface area (Å²) in [5.74, 6) is -0.429. The predicted molar refractivity (Wildman–Crippen MR) is 114 cm³/mol. The number of ether oxygens (including phenoxy) is 1. The number of nitrogens with zero attached hydrogens (tertiary/aromatic N) is 2. The van der Waals surface area contributed by atoms with Crippen molar-refractivity contribution in [3.05, 3.63) is 90.0 Å². The van der Waals surface area contributed by atoms with Crippen molar-refractivity contribution >= 4 is 15.9 Å². The summed E-state index contributed by atoms with van der Waals surface area (Å²) in [6, 6.07) is 17.3. The molecule has 1 aliphatic rings. The first-order valence-corrected chi connectivity index (χ1v) is 11.4. The highest BCUT2D eigenvalue weighted by Gasteiger charge is 2.32. The Morgan fingerprint density at radius 2 is 1.34 bits per heavy atom. The molecule has 0 aliphatic carbocycles. The number of carbonyl (C=O) groups is 1. The van der Waals surface area contributed by atoms with Crippen LogP contribution in [0, 0.1) is 11.6 Å². The predicted octanol–water partition coefficient (Wildman–Crippen LogP) is 3.90. The lowest BCUT2D eigenvalue weighted by atomic mass is 10.2. The fourth-order valence-electron chi connectivity index (χ4n) is 3.41. The Hall–Kier alpha value is -3.30. The summed E-state index contributed by atoms with van der Waals surface area (Å²) < 4.78 is 59.2. The zero-order valence-electron chi connectivity index (χ0n) is 16.9. The fraction of sp³-hybridized carbons (Fsp3) is 0.174. The van der Waals surface area contributed by atoms with Crippen LogP contribution in [-0.4, -0.2) is 49.7 Å². The van der Waals surface area contributed by atoms with Crippen LogP contribution < -0.4 is 4.74 Å². The van der Waals surface area contributed by atoms with E-state index in [9.17, 15) is 22.0 Å². The monoisotopic (exact) mass is 458 g/mol. The Balaban J connectivity index is 1.38. The van der Waals surface area contributed by atoms with Crippen LogP contribution in [0.3, 0.4) is 0 Å². The molecule has 4 rings (SSSR count). The second-order valence-electron chi connectivity index (χ2n) is 7.21. The number of hydrogen-bond donors (Lipinski definition) is 0. The molecule has 0 bridgehead atoms. The highest BCUT2D eigenvalue weighted by atomic mass is 32.2. The van der Waals surface area contributed by atoms with Crippen LogP contribution in [0.1, 0.15) is 10.4 Å². The van der Waals surface area contributed by atoms with E-state index in [4.69, 9.17) is 4.74 Å². The minimum Gasteiger partial charge on any atom is -0.457 e. The van der Waals surface area contributed by atoms with Crippen LogP contribution in [0.4, 0.5) is 8.78 Å². The Bertz CT molecular complexity index is 1210. The zero-order valence-corrected chi connectivity index (χ0v) is 17.8. The molecule has 1 aliphatic heterocycles. The number of benzene rings is 3. The number of rotatable bonds is 5. The normalized spacial score (nSPS) is 14.9. The van der Waals surface area contributed by atoms with E-state index in [0.29, 0.717) is 17.1 Å². The largest absolute Gasteiger partial charge is 0.457 e. The molecule has 0 spiro atoms. The van der Waals surface area contributed by atoms with Crippen molar-refractivity contribution in [2.45, 2.75) is 4.90 Å². The number of carbonyl (C=O) groups excluding carboxylic acids is 1. The molecule has 6 nitrogen and oxygen atoms in total. The third kappa shape index (κ3) is 4.63. The zero-order chi connectivity index (χ0) is 22.7. The quantitative estimate of drug-likeness (QED) is 0.582. The summed E-state index contributed by atoms with van der Waals surface area (Å²) >= 11 is 0. The molecule has 1 fully saturated rings. The van der Waals surface area contributed by atoms with Gasteiger partial charge in [-0.2, -0.15) is 4.31 Å². The second kappa shape index (κ2) is 9.05. The van der Waals surface area contributed by atoms with E-state index in [2.05, 4.69) is 0 Å². The minimum atomic E-state index is -3.96. The van der Waals surface area contributed by atoms with Gasteiger partial charge in [0.1, 0.15) is 28.0 Å². The van der Waals surface area contributed by atoms with E-state index in [1.165, 1.54) is 46.8 Å². The molecule has 0 atom stereocenters. The van der Waals surface area contributed by atoms with Crippen molar-refractivity contribution in [1.29, 1.82) is 0 Å². The average molecular weight is 458 g/mol. The Kier molecular flexibility index (Phi) is 6.20. The molecule has 0 radical (unpaired) electrons. The maximum absolute atomic E-state index is 14.0. The molecule has 0 unspecified atom stereocenters. The van der Waals surface area contributed by atoms with E-state index in [1.807, 2.05) is 0 Å². The molecule has 1 amide bonds. The van der Waals surface area contributed by atoms with Crippen LogP contribution in [0.5, 0.6) is 11.5 Å². The van der Waals surface area contributed by atoms with Crippen molar-refractivity contribution in [2.75, 3.05) is 26.2 Å². The van der Waals surface area contributed by atoms with Crippen molar-refractivity contribution in [3.63, 3.8) is 0 Å². The molecule has 32 heavy (non-hydrogen) atoms. The van der Waals surface area contributed by atoms with Gasteiger partial charge in [-0.25, -0.2) is 17.2 Å². The molecule has 0 N–H and O–H groups in total. The van der Waals surface area contributed by atoms with Crippen LogP contribution in [0.25, 0.3) is 0 Å². The van der Waals surface area contributed by atoms with Crippen molar-refractivity contribution in [2.24, 2.45) is 0 Å². The van der Waals surface area contributed by atoms with Gasteiger partial charge in [0, 0.05) is 31.7 Å². The number of sulfonamides is 1. The van der Waals surface area contributed by atoms with E-state index in [-0.39, 0.29) is 42.8 Å². The lowest BCUT2D eigenvalue weighted by molar-refractivity contribution is 0.0697. The number of piperazine rings is 1. The Morgan fingerprint density at radius 1 is 0.781 bits per heavy atom. The maximum atomic E-state index is 14.0. The summed E-state index contributed by atoms with van der Waals surface area (Å²) in [6.07, 6.45) is 0. The lowest BCUT2D eigenvalue weighted by Gasteiger charge is -2.34. The molecular weight excluding hydrogens is 438 g/mol. The maximum Gasteiger partial charge on any atom is 0.253 e. The molecule has 1 heterocycles. The third-order valence-electron chi connectivity index (χ3n) is 5.13. The highest BCUT2D eigenvalue weighted by Crippen LogP contribution is 2.24. The van der Waals surface area contributed by atoms with Gasteiger partial charge in [-0.1, -0.05) is 12.1 Å². The van der Waals surface area contributed by atoms with Gasteiger partial charge in [0.05, 0.1) is 0 Å². The van der Waals surface area contributed by atoms with Gasteiger partial charge in [-0.3, -0.25) is 4.79 Å². The SMILES string of the molecule is O=C(c1ccc(Oc2ccc(F)cc2)cc1)N1CCN(S(=O)(=O)c2ccccc2F)CC1. The number of halogens is 2. The van der Waals surface area contributed by atoms with Gasteiger partial charge in [0.25, 0.3) is 5.91 Å². The number of amides is 1. The molecule has 9 heteroatoms. The van der Waals surface area contributed by atoms with Gasteiger partial charge < -0.3 is 9.64 Å². The Labute approximate surface area is 184 Å². The summed E-state index contributed by atoms with van der Waals surface area (Å²) in [7, 11) is -3.96. The summed E-state index contributed by atoms with van der Waals surface area (Å²) in [4.78, 5) is 14.0. The van der Waals surface area contributed by atoms with E-state index < -0.39 is 15.8 Å². The van der Waals surface area contributed by atoms with Gasteiger partial charge >= 0.3 is 0 Å². The fourth-order valence-corrected chi connectivity index (χ4v) is 4.90. The smallest absolute Gasteiger partial charge is 0.253 e. The molecule has 166 valence electrons. The van der Waals surface area contributed by atoms with E-state index in [0.717, 1.165) is 6.07 Å². The minimum absolute atomic E-state index is 0.0775. The first kappa shape index (κ1) is 21.9. The third-order valence-corrected chi connectivity index (χ3v) is 7.06. The lowest BCUT2D eigenvalue weighted by Crippen LogP contribution is -2.50. The second-order valence-corrected chi connectivity index (χ2v) is 9.11. The van der Waals surface area contributed by atoms with Crippen LogP contribution in [0.15, 0.2) is 77.7 Å². The van der Waals surface area contributed by atoms with Crippen molar-refractivity contribution in [3.8, 4) is 11.5 Å². The van der Waals surface area contributed by atoms with Crippen molar-refractivity contribution < 1.29 is 26.7 Å². The standard InChI is InChI=1S/C23H20F2N2O4S/c24-18-7-11-20(12-8-18)31-19-9-5-17(6-10-19)23(28)26-13-15-27(16-14-26)32(29,30)22-4-2-1-3-21(22)25/h1-12H,13-16H2. The van der Waals surface area contributed by atoms with E-state index in [1.54, 1.807) is 29.2 Å². The molecular formula is C23H20F2N2O4S. The summed E-state index contributed by atoms with van der Waals surface area (Å²) in [6.45, 7) is 0.545. The molecule has 0 aromatic heterocycles. The topological polar surface area (TPSA) is 66.9 Å². The van der Waals surface area contributed by atoms with E-state index >= 15 is 0 Å². The molecule has 3 aromatic rings.